The lowest BCUT2D eigenvalue weighted by atomic mass is 10.0. The van der Waals surface area contributed by atoms with Crippen LogP contribution in [0.5, 0.6) is 0 Å². The highest BCUT2D eigenvalue weighted by Crippen LogP contribution is 2.32. The van der Waals surface area contributed by atoms with Gasteiger partial charge < -0.3 is 0 Å². The van der Waals surface area contributed by atoms with Gasteiger partial charge in [0.05, 0.1) is 11.7 Å². The van der Waals surface area contributed by atoms with Crippen LogP contribution in [-0.2, 0) is 0 Å². The molecule has 4 heteroatoms. The van der Waals surface area contributed by atoms with Gasteiger partial charge in [-0.3, -0.25) is 10.2 Å². The molecule has 0 unspecified atom stereocenters. The van der Waals surface area contributed by atoms with E-state index < -0.39 is 0 Å². The number of carbonyl (C=O) groups excluding carboxylic acids is 1. The molecular weight excluding hydrogens is 344 g/mol. The van der Waals surface area contributed by atoms with Crippen LogP contribution in [0.4, 0.5) is 0 Å². The molecule has 0 radical (unpaired) electrons. The standard InChI is InChI=1S/C22H17ClN2O/c23-19-13-11-18(12-14-19)22(26)25-21(17-9-5-2-6-10-17)15-20(24-25)16-7-3-1-4-8-16/h1-15,21,24H/t21-/m1/s1. The molecule has 4 rings (SSSR count). The summed E-state index contributed by atoms with van der Waals surface area (Å²) < 4.78 is 0. The summed E-state index contributed by atoms with van der Waals surface area (Å²) in [6.07, 6.45) is 2.08. The molecule has 1 N–H and O–H groups in total. The minimum absolute atomic E-state index is 0.0994. The quantitative estimate of drug-likeness (QED) is 0.706. The topological polar surface area (TPSA) is 32.3 Å². The maximum absolute atomic E-state index is 13.1. The van der Waals surface area contributed by atoms with E-state index in [1.54, 1.807) is 29.3 Å². The van der Waals surface area contributed by atoms with Gasteiger partial charge in [0.1, 0.15) is 0 Å². The summed E-state index contributed by atoms with van der Waals surface area (Å²) in [5.41, 5.74) is 6.88. The zero-order chi connectivity index (χ0) is 17.9. The normalized spacial score (nSPS) is 16.1. The van der Waals surface area contributed by atoms with Crippen molar-refractivity contribution < 1.29 is 4.79 Å². The smallest absolute Gasteiger partial charge is 0.273 e. The lowest BCUT2D eigenvalue weighted by Crippen LogP contribution is -2.39. The second-order valence-electron chi connectivity index (χ2n) is 6.10. The number of rotatable bonds is 3. The zero-order valence-corrected chi connectivity index (χ0v) is 14.7. The monoisotopic (exact) mass is 360 g/mol. The van der Waals surface area contributed by atoms with Crippen molar-refractivity contribution in [3.63, 3.8) is 0 Å². The summed E-state index contributed by atoms with van der Waals surface area (Å²) in [7, 11) is 0. The summed E-state index contributed by atoms with van der Waals surface area (Å²) in [6, 6.07) is 26.7. The second-order valence-corrected chi connectivity index (χ2v) is 6.53. The largest absolute Gasteiger partial charge is 0.295 e. The lowest BCUT2D eigenvalue weighted by Gasteiger charge is -2.25. The van der Waals surface area contributed by atoms with Gasteiger partial charge in [0, 0.05) is 10.6 Å². The Balaban J connectivity index is 1.71. The van der Waals surface area contributed by atoms with Crippen LogP contribution in [-0.4, -0.2) is 10.9 Å². The molecule has 0 aromatic heterocycles. The first-order valence-electron chi connectivity index (χ1n) is 8.40. The molecule has 128 valence electrons. The molecule has 1 amide bonds. The van der Waals surface area contributed by atoms with Crippen molar-refractivity contribution in [2.45, 2.75) is 6.04 Å². The molecule has 1 atom stereocenters. The van der Waals surface area contributed by atoms with Gasteiger partial charge in [0.15, 0.2) is 0 Å². The minimum Gasteiger partial charge on any atom is -0.295 e. The number of nitrogens with zero attached hydrogens (tertiary/aromatic N) is 1. The summed E-state index contributed by atoms with van der Waals surface area (Å²) in [4.78, 5) is 13.1. The second kappa shape index (κ2) is 7.06. The summed E-state index contributed by atoms with van der Waals surface area (Å²) >= 11 is 5.95. The SMILES string of the molecule is O=C(c1ccc(Cl)cc1)N1NC(c2ccccc2)=C[C@@H]1c1ccccc1. The molecule has 3 aromatic rings. The van der Waals surface area contributed by atoms with Gasteiger partial charge in [-0.05, 0) is 41.5 Å². The van der Waals surface area contributed by atoms with Crippen LogP contribution in [0.3, 0.4) is 0 Å². The average Bonchev–Trinajstić information content (AvgIpc) is 3.15. The fourth-order valence-corrected chi connectivity index (χ4v) is 3.18. The van der Waals surface area contributed by atoms with Gasteiger partial charge in [0.25, 0.3) is 5.91 Å². The molecule has 26 heavy (non-hydrogen) atoms. The van der Waals surface area contributed by atoms with E-state index >= 15 is 0 Å². The zero-order valence-electron chi connectivity index (χ0n) is 14.0. The first-order valence-corrected chi connectivity index (χ1v) is 8.78. The maximum Gasteiger partial charge on any atom is 0.273 e. The van der Waals surface area contributed by atoms with Crippen molar-refractivity contribution >= 4 is 23.2 Å². The van der Waals surface area contributed by atoms with Crippen molar-refractivity contribution in [3.05, 3.63) is 113 Å². The van der Waals surface area contributed by atoms with Crippen molar-refractivity contribution in [2.24, 2.45) is 0 Å². The van der Waals surface area contributed by atoms with Crippen molar-refractivity contribution in [1.82, 2.24) is 10.4 Å². The Kier molecular flexibility index (Phi) is 4.46. The van der Waals surface area contributed by atoms with Crippen LogP contribution < -0.4 is 5.43 Å². The minimum atomic E-state index is -0.186. The summed E-state index contributed by atoms with van der Waals surface area (Å²) in [6.45, 7) is 0. The van der Waals surface area contributed by atoms with Crippen molar-refractivity contribution in [1.29, 1.82) is 0 Å². The Morgan fingerprint density at radius 2 is 1.46 bits per heavy atom. The van der Waals surface area contributed by atoms with Crippen LogP contribution in [0.1, 0.15) is 27.5 Å². The van der Waals surface area contributed by atoms with E-state index in [0.29, 0.717) is 10.6 Å². The Hall–Kier alpha value is -3.04. The Labute approximate surface area is 157 Å². The van der Waals surface area contributed by atoms with E-state index in [0.717, 1.165) is 16.8 Å². The lowest BCUT2D eigenvalue weighted by molar-refractivity contribution is 0.0672. The maximum atomic E-state index is 13.1. The van der Waals surface area contributed by atoms with Crippen LogP contribution in [0.15, 0.2) is 91.0 Å². The summed E-state index contributed by atoms with van der Waals surface area (Å²) in [5, 5.41) is 2.28. The first kappa shape index (κ1) is 16.4. The van der Waals surface area contributed by atoms with Crippen molar-refractivity contribution in [2.75, 3.05) is 0 Å². The fourth-order valence-electron chi connectivity index (χ4n) is 3.05. The third kappa shape index (κ3) is 3.22. The number of hydrazine groups is 1. The average molecular weight is 361 g/mol. The van der Waals surface area contributed by atoms with Crippen LogP contribution in [0.25, 0.3) is 5.70 Å². The van der Waals surface area contributed by atoms with E-state index in [2.05, 4.69) is 11.5 Å². The van der Waals surface area contributed by atoms with Crippen LogP contribution >= 0.6 is 11.6 Å². The highest BCUT2D eigenvalue weighted by atomic mass is 35.5. The summed E-state index contributed by atoms with van der Waals surface area (Å²) in [5.74, 6) is -0.0994. The number of hydrogen-bond donors (Lipinski definition) is 1. The molecule has 0 fully saturated rings. The third-order valence-corrected chi connectivity index (χ3v) is 4.63. The molecule has 1 heterocycles. The molecule has 1 aliphatic rings. The van der Waals surface area contributed by atoms with Crippen molar-refractivity contribution in [3.8, 4) is 0 Å². The third-order valence-electron chi connectivity index (χ3n) is 4.38. The van der Waals surface area contributed by atoms with E-state index in [4.69, 9.17) is 11.6 Å². The van der Waals surface area contributed by atoms with E-state index in [-0.39, 0.29) is 11.9 Å². The predicted molar refractivity (Wildman–Crippen MR) is 104 cm³/mol. The molecule has 0 spiro atoms. The first-order chi connectivity index (χ1) is 12.7. The number of benzene rings is 3. The van der Waals surface area contributed by atoms with Gasteiger partial charge in [-0.25, -0.2) is 5.01 Å². The molecule has 0 aliphatic carbocycles. The molecule has 0 saturated heterocycles. The molecule has 3 nitrogen and oxygen atoms in total. The number of hydrogen-bond acceptors (Lipinski definition) is 2. The number of amides is 1. The number of halogens is 1. The van der Waals surface area contributed by atoms with Gasteiger partial charge >= 0.3 is 0 Å². The van der Waals surface area contributed by atoms with E-state index in [1.807, 2.05) is 60.7 Å². The molecule has 3 aromatic carbocycles. The van der Waals surface area contributed by atoms with Gasteiger partial charge in [0.2, 0.25) is 0 Å². The number of nitrogens with one attached hydrogen (secondary N) is 1. The van der Waals surface area contributed by atoms with E-state index in [1.165, 1.54) is 0 Å². The highest BCUT2D eigenvalue weighted by molar-refractivity contribution is 6.30. The van der Waals surface area contributed by atoms with Gasteiger partial charge in [-0.2, -0.15) is 0 Å². The highest BCUT2D eigenvalue weighted by Gasteiger charge is 2.31. The Bertz CT molecular complexity index is 937. The molecule has 0 bridgehead atoms. The Morgan fingerprint density at radius 3 is 2.12 bits per heavy atom. The molecular formula is C22H17ClN2O. The molecule has 0 saturated carbocycles. The van der Waals surface area contributed by atoms with Crippen LogP contribution in [0.2, 0.25) is 5.02 Å². The van der Waals surface area contributed by atoms with Gasteiger partial charge in [-0.15, -0.1) is 0 Å². The Morgan fingerprint density at radius 1 is 0.846 bits per heavy atom. The van der Waals surface area contributed by atoms with Gasteiger partial charge in [-0.1, -0.05) is 72.3 Å². The van der Waals surface area contributed by atoms with Crippen LogP contribution in [0, 0.1) is 0 Å². The number of carbonyl (C=O) groups is 1. The fraction of sp³-hybridized carbons (Fsp3) is 0.0455. The molecule has 1 aliphatic heterocycles. The predicted octanol–water partition coefficient (Wildman–Crippen LogP) is 5.08. The van der Waals surface area contributed by atoms with E-state index in [9.17, 15) is 4.79 Å².